The number of hydrogen-bond donors (Lipinski definition) is 2. The number of rotatable bonds is 8. The second-order valence-corrected chi connectivity index (χ2v) is 7.89. The minimum absolute atomic E-state index is 0.0169. The summed E-state index contributed by atoms with van der Waals surface area (Å²) in [6.07, 6.45) is -0.697. The highest BCUT2D eigenvalue weighted by Gasteiger charge is 2.34. The van der Waals surface area contributed by atoms with Crippen LogP contribution < -0.4 is 19.5 Å². The molecule has 2 amide bonds. The molecule has 31 heavy (non-hydrogen) atoms. The number of fused-ring (bicyclic) bond motifs is 1. The minimum atomic E-state index is -0.880. The van der Waals surface area contributed by atoms with E-state index in [0.717, 1.165) is 11.1 Å². The van der Waals surface area contributed by atoms with E-state index in [0.29, 0.717) is 30.3 Å². The molecule has 2 aliphatic heterocycles. The van der Waals surface area contributed by atoms with Crippen LogP contribution in [0.5, 0.6) is 17.2 Å². The third-order valence-electron chi connectivity index (χ3n) is 5.38. The molecule has 2 aromatic carbocycles. The third kappa shape index (κ3) is 5.27. The summed E-state index contributed by atoms with van der Waals surface area (Å²) in [7, 11) is 0. The van der Waals surface area contributed by atoms with Crippen molar-refractivity contribution >= 4 is 11.8 Å². The Morgan fingerprint density at radius 1 is 1.23 bits per heavy atom. The lowest BCUT2D eigenvalue weighted by Gasteiger charge is -2.17. The van der Waals surface area contributed by atoms with Crippen molar-refractivity contribution in [3.63, 3.8) is 0 Å². The first-order chi connectivity index (χ1) is 15.0. The van der Waals surface area contributed by atoms with Crippen molar-refractivity contribution in [1.82, 2.24) is 10.2 Å². The number of hydrogen-bond acceptors (Lipinski definition) is 6. The van der Waals surface area contributed by atoms with Gasteiger partial charge in [0.25, 0.3) is 0 Å². The largest absolute Gasteiger partial charge is 0.491 e. The minimum Gasteiger partial charge on any atom is -0.491 e. The van der Waals surface area contributed by atoms with Gasteiger partial charge in [-0.15, -0.1) is 0 Å². The number of nitrogens with one attached hydrogen (secondary N) is 1. The number of ether oxygens (including phenoxy) is 3. The first kappa shape index (κ1) is 21.0. The van der Waals surface area contributed by atoms with Crippen molar-refractivity contribution < 1.29 is 28.9 Å². The summed E-state index contributed by atoms with van der Waals surface area (Å²) < 4.78 is 16.1. The lowest BCUT2D eigenvalue weighted by Crippen LogP contribution is -2.39. The lowest BCUT2D eigenvalue weighted by atomic mass is 10.1. The fourth-order valence-electron chi connectivity index (χ4n) is 3.60. The van der Waals surface area contributed by atoms with Crippen LogP contribution >= 0.6 is 0 Å². The fourth-order valence-corrected chi connectivity index (χ4v) is 3.60. The van der Waals surface area contributed by atoms with Crippen LogP contribution in [0.15, 0.2) is 42.5 Å². The molecular formula is C23H26N2O6. The predicted octanol–water partition coefficient (Wildman–Crippen LogP) is 1.63. The van der Waals surface area contributed by atoms with E-state index in [-0.39, 0.29) is 38.2 Å². The molecule has 2 N–H and O–H groups in total. The Bertz CT molecular complexity index is 946. The molecule has 2 heterocycles. The molecule has 2 aliphatic rings. The van der Waals surface area contributed by atoms with Crippen molar-refractivity contribution in [3.05, 3.63) is 53.6 Å². The smallest absolute Gasteiger partial charge is 0.231 e. The molecular weight excluding hydrogens is 400 g/mol. The maximum absolute atomic E-state index is 12.5. The summed E-state index contributed by atoms with van der Waals surface area (Å²) in [4.78, 5) is 26.5. The van der Waals surface area contributed by atoms with Gasteiger partial charge < -0.3 is 29.5 Å². The lowest BCUT2D eigenvalue weighted by molar-refractivity contribution is -0.129. The molecule has 1 fully saturated rings. The first-order valence-corrected chi connectivity index (χ1v) is 10.3. The Kier molecular flexibility index (Phi) is 6.27. The average Bonchev–Trinajstić information content (AvgIpc) is 3.38. The van der Waals surface area contributed by atoms with Gasteiger partial charge in [-0.05, 0) is 24.6 Å². The van der Waals surface area contributed by atoms with E-state index in [1.54, 1.807) is 23.1 Å². The van der Waals surface area contributed by atoms with Gasteiger partial charge in [0.2, 0.25) is 18.6 Å². The number of likely N-dealkylation sites (tertiary alicyclic amines) is 1. The zero-order chi connectivity index (χ0) is 21.8. The molecule has 0 spiro atoms. The van der Waals surface area contributed by atoms with Gasteiger partial charge in [-0.3, -0.25) is 9.59 Å². The maximum Gasteiger partial charge on any atom is 0.231 e. The summed E-state index contributed by atoms with van der Waals surface area (Å²) >= 11 is 0. The van der Waals surface area contributed by atoms with Crippen LogP contribution in [0.25, 0.3) is 0 Å². The Labute approximate surface area is 180 Å². The number of aliphatic hydroxyl groups excluding tert-OH is 1. The summed E-state index contributed by atoms with van der Waals surface area (Å²) in [5.74, 6) is 1.11. The van der Waals surface area contributed by atoms with Crippen molar-refractivity contribution in [1.29, 1.82) is 0 Å². The van der Waals surface area contributed by atoms with Crippen LogP contribution in [0.3, 0.4) is 0 Å². The van der Waals surface area contributed by atoms with Crippen LogP contribution in [0.4, 0.5) is 0 Å². The quantitative estimate of drug-likeness (QED) is 0.666. The van der Waals surface area contributed by atoms with Crippen molar-refractivity contribution in [3.8, 4) is 17.2 Å². The van der Waals surface area contributed by atoms with E-state index in [1.807, 2.05) is 31.2 Å². The number of carbonyl (C=O) groups is 2. The van der Waals surface area contributed by atoms with E-state index >= 15 is 0 Å². The van der Waals surface area contributed by atoms with Crippen molar-refractivity contribution in [2.24, 2.45) is 5.92 Å². The Morgan fingerprint density at radius 2 is 2.00 bits per heavy atom. The molecule has 8 nitrogen and oxygen atoms in total. The maximum atomic E-state index is 12.5. The standard InChI is InChI=1S/C23H26N2O6/c1-15-2-4-16(5-3-15)11-25-12-17(8-22(25)27)23(28)24-10-18(26)13-29-19-6-7-20-21(9-19)31-14-30-20/h2-7,9,17-18,26H,8,10-14H2,1H3,(H,24,28). The van der Waals surface area contributed by atoms with Gasteiger partial charge in [0.15, 0.2) is 11.5 Å². The van der Waals surface area contributed by atoms with Crippen molar-refractivity contribution in [2.75, 3.05) is 26.5 Å². The summed E-state index contributed by atoms with van der Waals surface area (Å²) in [5, 5.41) is 12.9. The predicted molar refractivity (Wildman–Crippen MR) is 112 cm³/mol. The topological polar surface area (TPSA) is 97.3 Å². The van der Waals surface area contributed by atoms with E-state index in [1.165, 1.54) is 0 Å². The summed E-state index contributed by atoms with van der Waals surface area (Å²) in [5.41, 5.74) is 2.20. The molecule has 4 rings (SSSR count). The molecule has 2 aromatic rings. The van der Waals surface area contributed by atoms with Gasteiger partial charge in [-0.25, -0.2) is 0 Å². The first-order valence-electron chi connectivity index (χ1n) is 10.3. The Balaban J connectivity index is 1.20. The van der Waals surface area contributed by atoms with Crippen LogP contribution in [0.1, 0.15) is 17.5 Å². The van der Waals surface area contributed by atoms with E-state index < -0.39 is 12.0 Å². The second-order valence-electron chi connectivity index (χ2n) is 7.89. The van der Waals surface area contributed by atoms with Crippen molar-refractivity contribution in [2.45, 2.75) is 26.0 Å². The van der Waals surface area contributed by atoms with Crippen LogP contribution in [0.2, 0.25) is 0 Å². The molecule has 2 atom stereocenters. The third-order valence-corrected chi connectivity index (χ3v) is 5.38. The Hall–Kier alpha value is -3.26. The number of aliphatic hydroxyl groups is 1. The van der Waals surface area contributed by atoms with Gasteiger partial charge in [-0.1, -0.05) is 29.8 Å². The summed E-state index contributed by atoms with van der Waals surface area (Å²) in [6.45, 7) is 3.13. The van der Waals surface area contributed by atoms with Crippen LogP contribution in [-0.4, -0.2) is 54.4 Å². The molecule has 0 saturated carbocycles. The number of carbonyl (C=O) groups excluding carboxylic acids is 2. The van der Waals surface area contributed by atoms with E-state index in [2.05, 4.69) is 5.32 Å². The highest BCUT2D eigenvalue weighted by molar-refractivity contribution is 5.89. The molecule has 2 unspecified atom stereocenters. The van der Waals surface area contributed by atoms with Crippen LogP contribution in [0, 0.1) is 12.8 Å². The SMILES string of the molecule is Cc1ccc(CN2CC(C(=O)NCC(O)COc3ccc4c(c3)OCO4)CC2=O)cc1. The number of aryl methyl sites for hydroxylation is 1. The molecule has 164 valence electrons. The number of nitrogens with zero attached hydrogens (tertiary/aromatic N) is 1. The molecule has 0 bridgehead atoms. The molecule has 0 aromatic heterocycles. The summed E-state index contributed by atoms with van der Waals surface area (Å²) in [6, 6.07) is 13.2. The molecule has 1 saturated heterocycles. The Morgan fingerprint density at radius 3 is 2.81 bits per heavy atom. The number of amides is 2. The van der Waals surface area contributed by atoms with Gasteiger partial charge in [0.05, 0.1) is 5.92 Å². The zero-order valence-electron chi connectivity index (χ0n) is 17.4. The van der Waals surface area contributed by atoms with E-state index in [4.69, 9.17) is 14.2 Å². The number of benzene rings is 2. The van der Waals surface area contributed by atoms with E-state index in [9.17, 15) is 14.7 Å². The highest BCUT2D eigenvalue weighted by atomic mass is 16.7. The van der Waals surface area contributed by atoms with Gasteiger partial charge in [0, 0.05) is 32.1 Å². The molecule has 0 radical (unpaired) electrons. The van der Waals surface area contributed by atoms with Crippen LogP contribution in [-0.2, 0) is 16.1 Å². The zero-order valence-corrected chi connectivity index (χ0v) is 17.4. The normalized spacial score (nSPS) is 18.2. The second kappa shape index (κ2) is 9.26. The highest BCUT2D eigenvalue weighted by Crippen LogP contribution is 2.35. The fraction of sp³-hybridized carbons (Fsp3) is 0.391. The molecule has 8 heteroatoms. The molecule has 0 aliphatic carbocycles. The van der Waals surface area contributed by atoms with Gasteiger partial charge >= 0.3 is 0 Å². The van der Waals surface area contributed by atoms with Gasteiger partial charge in [0.1, 0.15) is 18.5 Å². The van der Waals surface area contributed by atoms with Gasteiger partial charge in [-0.2, -0.15) is 0 Å². The average molecular weight is 426 g/mol. The monoisotopic (exact) mass is 426 g/mol.